The van der Waals surface area contributed by atoms with E-state index in [-0.39, 0.29) is 5.91 Å². The number of nitrogens with zero attached hydrogens (tertiary/aromatic N) is 4. The van der Waals surface area contributed by atoms with Gasteiger partial charge < -0.3 is 15.4 Å². The summed E-state index contributed by atoms with van der Waals surface area (Å²) in [6.07, 6.45) is 3.28. The second-order valence-electron chi connectivity index (χ2n) is 4.95. The van der Waals surface area contributed by atoms with E-state index in [0.29, 0.717) is 23.3 Å². The normalized spacial score (nSPS) is 15.3. The molecule has 3 heterocycles. The fourth-order valence-electron chi connectivity index (χ4n) is 2.14. The van der Waals surface area contributed by atoms with Crippen LogP contribution < -0.4 is 10.6 Å². The Kier molecular flexibility index (Phi) is 5.46. The highest BCUT2D eigenvalue weighted by Crippen LogP contribution is 2.18. The van der Waals surface area contributed by atoms with Crippen LogP contribution in [0.15, 0.2) is 23.8 Å². The minimum atomic E-state index is -0.170. The van der Waals surface area contributed by atoms with Gasteiger partial charge in [0.05, 0.1) is 13.2 Å². The van der Waals surface area contributed by atoms with Gasteiger partial charge in [0.2, 0.25) is 5.95 Å². The van der Waals surface area contributed by atoms with Crippen molar-refractivity contribution in [2.45, 2.75) is 0 Å². The molecule has 0 spiro atoms. The third-order valence-electron chi connectivity index (χ3n) is 3.34. The highest BCUT2D eigenvalue weighted by Gasteiger charge is 2.13. The number of thiazole rings is 1. The van der Waals surface area contributed by atoms with Crippen LogP contribution in [0.4, 0.5) is 11.1 Å². The van der Waals surface area contributed by atoms with Crippen LogP contribution in [-0.2, 0) is 4.74 Å². The highest BCUT2D eigenvalue weighted by molar-refractivity contribution is 7.14. The van der Waals surface area contributed by atoms with Crippen molar-refractivity contribution in [3.8, 4) is 0 Å². The Labute approximate surface area is 137 Å². The summed E-state index contributed by atoms with van der Waals surface area (Å²) < 4.78 is 5.29. The molecule has 2 N–H and O–H groups in total. The molecule has 0 bridgehead atoms. The van der Waals surface area contributed by atoms with E-state index in [1.165, 1.54) is 11.3 Å². The summed E-state index contributed by atoms with van der Waals surface area (Å²) in [4.78, 5) is 26.7. The predicted molar refractivity (Wildman–Crippen MR) is 87.0 cm³/mol. The lowest BCUT2D eigenvalue weighted by Crippen LogP contribution is -2.41. The number of hydrogen-bond donors (Lipinski definition) is 2. The summed E-state index contributed by atoms with van der Waals surface area (Å²) in [5.74, 6) is 0.290. The number of carbonyl (C=O) groups is 1. The van der Waals surface area contributed by atoms with E-state index < -0.39 is 0 Å². The van der Waals surface area contributed by atoms with E-state index in [0.717, 1.165) is 32.8 Å². The average molecular weight is 334 g/mol. The molecule has 9 heteroatoms. The topological polar surface area (TPSA) is 92.3 Å². The number of morpholine rings is 1. The monoisotopic (exact) mass is 334 g/mol. The number of hydrogen-bond acceptors (Lipinski definition) is 8. The first kappa shape index (κ1) is 15.8. The zero-order valence-electron chi connectivity index (χ0n) is 12.6. The van der Waals surface area contributed by atoms with Crippen LogP contribution in [0.3, 0.4) is 0 Å². The fourth-order valence-corrected chi connectivity index (χ4v) is 2.82. The van der Waals surface area contributed by atoms with Crippen molar-refractivity contribution in [2.75, 3.05) is 44.7 Å². The Morgan fingerprint density at radius 3 is 2.87 bits per heavy atom. The van der Waals surface area contributed by atoms with Crippen molar-refractivity contribution in [3.63, 3.8) is 0 Å². The zero-order chi connectivity index (χ0) is 15.9. The number of ether oxygens (including phenoxy) is 1. The van der Waals surface area contributed by atoms with Crippen LogP contribution in [0.25, 0.3) is 0 Å². The maximum absolute atomic E-state index is 12.1. The molecule has 122 valence electrons. The van der Waals surface area contributed by atoms with E-state index in [2.05, 4.69) is 30.5 Å². The van der Waals surface area contributed by atoms with Crippen molar-refractivity contribution in [1.29, 1.82) is 0 Å². The molecule has 23 heavy (non-hydrogen) atoms. The Balaban J connectivity index is 1.46. The summed E-state index contributed by atoms with van der Waals surface area (Å²) in [5.41, 5.74) is 0.399. The molecule has 1 saturated heterocycles. The Morgan fingerprint density at radius 1 is 1.30 bits per heavy atom. The molecule has 2 aromatic rings. The van der Waals surface area contributed by atoms with Gasteiger partial charge in [0.15, 0.2) is 5.13 Å². The number of aromatic nitrogens is 3. The van der Waals surface area contributed by atoms with Crippen LogP contribution in [0.2, 0.25) is 0 Å². The quantitative estimate of drug-likeness (QED) is 0.805. The van der Waals surface area contributed by atoms with Gasteiger partial charge in [-0.05, 0) is 6.07 Å². The van der Waals surface area contributed by atoms with E-state index in [1.54, 1.807) is 23.8 Å². The maximum Gasteiger partial charge on any atom is 0.270 e. The first-order valence-corrected chi connectivity index (χ1v) is 8.27. The van der Waals surface area contributed by atoms with Crippen LogP contribution in [-0.4, -0.2) is 65.2 Å². The standard InChI is InChI=1S/C14H18N6O2S/c21-12(15-4-5-20-6-8-22-9-7-20)11-10-23-14(18-11)19-13-16-2-1-3-17-13/h1-3,10H,4-9H2,(H,15,21)(H,16,17,18,19). The fraction of sp³-hybridized carbons (Fsp3) is 0.429. The molecule has 0 radical (unpaired) electrons. The highest BCUT2D eigenvalue weighted by atomic mass is 32.1. The first-order valence-electron chi connectivity index (χ1n) is 7.39. The lowest BCUT2D eigenvalue weighted by molar-refractivity contribution is 0.0383. The van der Waals surface area contributed by atoms with Gasteiger partial charge in [-0.3, -0.25) is 9.69 Å². The van der Waals surface area contributed by atoms with Gasteiger partial charge in [-0.2, -0.15) is 0 Å². The number of carbonyl (C=O) groups excluding carboxylic acids is 1. The first-order chi connectivity index (χ1) is 11.3. The molecule has 1 aliphatic rings. The summed E-state index contributed by atoms with van der Waals surface area (Å²) in [6.45, 7) is 4.77. The minimum Gasteiger partial charge on any atom is -0.379 e. The van der Waals surface area contributed by atoms with E-state index >= 15 is 0 Å². The van der Waals surface area contributed by atoms with Crippen LogP contribution >= 0.6 is 11.3 Å². The third kappa shape index (κ3) is 4.68. The SMILES string of the molecule is O=C(NCCN1CCOCC1)c1csc(Nc2ncccn2)n1. The Bertz CT molecular complexity index is 629. The molecule has 1 amide bonds. The zero-order valence-corrected chi connectivity index (χ0v) is 13.4. The van der Waals surface area contributed by atoms with E-state index in [4.69, 9.17) is 4.74 Å². The van der Waals surface area contributed by atoms with Crippen LogP contribution in [0.1, 0.15) is 10.5 Å². The predicted octanol–water partition coefficient (Wildman–Crippen LogP) is 0.739. The second-order valence-corrected chi connectivity index (χ2v) is 5.80. The maximum atomic E-state index is 12.1. The van der Waals surface area contributed by atoms with Crippen molar-refractivity contribution < 1.29 is 9.53 Å². The van der Waals surface area contributed by atoms with Gasteiger partial charge in [0.1, 0.15) is 5.69 Å². The molecule has 0 atom stereocenters. The largest absolute Gasteiger partial charge is 0.379 e. The van der Waals surface area contributed by atoms with Crippen LogP contribution in [0.5, 0.6) is 0 Å². The van der Waals surface area contributed by atoms with E-state index in [9.17, 15) is 4.79 Å². The van der Waals surface area contributed by atoms with Crippen molar-refractivity contribution in [1.82, 2.24) is 25.2 Å². The van der Waals surface area contributed by atoms with Crippen molar-refractivity contribution >= 4 is 28.3 Å². The Morgan fingerprint density at radius 2 is 2.09 bits per heavy atom. The average Bonchev–Trinajstić information content (AvgIpc) is 3.05. The smallest absolute Gasteiger partial charge is 0.270 e. The molecule has 3 rings (SSSR count). The Hall–Kier alpha value is -2.10. The van der Waals surface area contributed by atoms with Crippen molar-refractivity contribution in [3.05, 3.63) is 29.5 Å². The second kappa shape index (κ2) is 7.95. The molecule has 0 unspecified atom stereocenters. The van der Waals surface area contributed by atoms with E-state index in [1.807, 2.05) is 0 Å². The minimum absolute atomic E-state index is 0.170. The molecule has 2 aromatic heterocycles. The summed E-state index contributed by atoms with van der Waals surface area (Å²) in [6, 6.07) is 1.74. The number of rotatable bonds is 6. The van der Waals surface area contributed by atoms with Gasteiger partial charge >= 0.3 is 0 Å². The molecule has 1 aliphatic heterocycles. The van der Waals surface area contributed by atoms with Gasteiger partial charge in [-0.25, -0.2) is 15.0 Å². The molecular formula is C14H18N6O2S. The molecule has 0 aromatic carbocycles. The summed E-state index contributed by atoms with van der Waals surface area (Å²) in [7, 11) is 0. The summed E-state index contributed by atoms with van der Waals surface area (Å²) in [5, 5.41) is 8.17. The molecule has 0 aliphatic carbocycles. The van der Waals surface area contributed by atoms with Gasteiger partial charge in [-0.1, -0.05) is 0 Å². The third-order valence-corrected chi connectivity index (χ3v) is 4.10. The summed E-state index contributed by atoms with van der Waals surface area (Å²) >= 11 is 1.34. The van der Waals surface area contributed by atoms with Gasteiger partial charge in [-0.15, -0.1) is 11.3 Å². The number of nitrogens with one attached hydrogen (secondary N) is 2. The van der Waals surface area contributed by atoms with Crippen LogP contribution in [0, 0.1) is 0 Å². The lowest BCUT2D eigenvalue weighted by atomic mass is 10.4. The van der Waals surface area contributed by atoms with Gasteiger partial charge in [0, 0.05) is 44.0 Å². The van der Waals surface area contributed by atoms with Crippen molar-refractivity contribution in [2.24, 2.45) is 0 Å². The van der Waals surface area contributed by atoms with Gasteiger partial charge in [0.25, 0.3) is 5.91 Å². The molecule has 1 fully saturated rings. The molecular weight excluding hydrogens is 316 g/mol. The molecule has 8 nitrogen and oxygen atoms in total. The lowest BCUT2D eigenvalue weighted by Gasteiger charge is -2.26. The number of amides is 1. The molecule has 0 saturated carbocycles. The number of anilines is 2.